The fourth-order valence-corrected chi connectivity index (χ4v) is 3.53. The lowest BCUT2D eigenvalue weighted by Crippen LogP contribution is -2.05. The molecule has 0 aliphatic rings. The van der Waals surface area contributed by atoms with Gasteiger partial charge in [-0.25, -0.2) is 4.79 Å². The molecular formula is C22H22N6O5S. The van der Waals surface area contributed by atoms with Gasteiger partial charge in [-0.1, -0.05) is 30.3 Å². The molecule has 3 aromatic carbocycles. The number of nitrogen functional groups attached to an aromatic ring is 2. The Labute approximate surface area is 195 Å². The summed E-state index contributed by atoms with van der Waals surface area (Å²) >= 11 is 0. The van der Waals surface area contributed by atoms with E-state index < -0.39 is 26.7 Å². The number of rotatable bonds is 7. The van der Waals surface area contributed by atoms with Gasteiger partial charge in [0, 0.05) is 0 Å². The summed E-state index contributed by atoms with van der Waals surface area (Å²) in [7, 11) is -4.76. The topological polar surface area (TPSA) is 182 Å². The van der Waals surface area contributed by atoms with Crippen LogP contribution in [0.4, 0.5) is 34.1 Å². The fraction of sp³-hybridized carbons (Fsp3) is 0.136. The highest BCUT2D eigenvalue weighted by Gasteiger charge is 2.22. The largest absolute Gasteiger partial charge is 0.462 e. The van der Waals surface area contributed by atoms with Crippen LogP contribution in [-0.2, 0) is 14.9 Å². The third-order valence-corrected chi connectivity index (χ3v) is 5.53. The van der Waals surface area contributed by atoms with Gasteiger partial charge in [-0.15, -0.1) is 15.3 Å². The number of esters is 1. The van der Waals surface area contributed by atoms with Crippen LogP contribution in [0.5, 0.6) is 0 Å². The quantitative estimate of drug-likeness (QED) is 0.174. The van der Waals surface area contributed by atoms with E-state index >= 15 is 0 Å². The van der Waals surface area contributed by atoms with Crippen LogP contribution in [0.3, 0.4) is 0 Å². The van der Waals surface area contributed by atoms with E-state index in [0.29, 0.717) is 5.69 Å². The van der Waals surface area contributed by atoms with Crippen LogP contribution >= 0.6 is 0 Å². The molecule has 0 bridgehead atoms. The van der Waals surface area contributed by atoms with Crippen molar-refractivity contribution in [1.82, 2.24) is 0 Å². The van der Waals surface area contributed by atoms with Gasteiger partial charge in [0.2, 0.25) is 0 Å². The van der Waals surface area contributed by atoms with Crippen molar-refractivity contribution in [3.8, 4) is 0 Å². The van der Waals surface area contributed by atoms with Crippen molar-refractivity contribution >= 4 is 50.2 Å². The number of azo groups is 2. The normalized spacial score (nSPS) is 11.9. The van der Waals surface area contributed by atoms with Crippen molar-refractivity contribution in [2.75, 3.05) is 18.1 Å². The van der Waals surface area contributed by atoms with Crippen LogP contribution in [-0.4, -0.2) is 25.5 Å². The molecule has 0 aliphatic carbocycles. The molecule has 0 atom stereocenters. The first-order chi connectivity index (χ1) is 16.1. The maximum atomic E-state index is 12.2. The lowest BCUT2D eigenvalue weighted by molar-refractivity contribution is 0.0527. The zero-order valence-electron chi connectivity index (χ0n) is 18.3. The van der Waals surface area contributed by atoms with Crippen molar-refractivity contribution in [2.45, 2.75) is 18.7 Å². The van der Waals surface area contributed by atoms with Crippen LogP contribution in [0.2, 0.25) is 0 Å². The number of anilines is 2. The average Bonchev–Trinajstić information content (AvgIpc) is 2.79. The number of hydrogen-bond acceptors (Lipinski definition) is 10. The van der Waals surface area contributed by atoms with Crippen molar-refractivity contribution < 1.29 is 22.5 Å². The predicted octanol–water partition coefficient (Wildman–Crippen LogP) is 5.41. The number of hydrogen-bond donors (Lipinski definition) is 3. The molecule has 11 nitrogen and oxygen atoms in total. The molecule has 0 saturated carbocycles. The van der Waals surface area contributed by atoms with E-state index in [4.69, 9.17) is 16.2 Å². The molecule has 0 unspecified atom stereocenters. The first-order valence-electron chi connectivity index (χ1n) is 9.98. The zero-order chi connectivity index (χ0) is 24.9. The minimum atomic E-state index is -4.76. The van der Waals surface area contributed by atoms with E-state index in [2.05, 4.69) is 20.5 Å². The summed E-state index contributed by atoms with van der Waals surface area (Å²) in [5.41, 5.74) is 12.8. The lowest BCUT2D eigenvalue weighted by Gasteiger charge is -2.11. The number of nitrogens with two attached hydrogens (primary N) is 2. The molecule has 0 heterocycles. The van der Waals surface area contributed by atoms with Gasteiger partial charge < -0.3 is 16.2 Å². The second kappa shape index (κ2) is 10.2. The molecule has 0 amide bonds. The summed E-state index contributed by atoms with van der Waals surface area (Å²) in [6.07, 6.45) is 0. The summed E-state index contributed by atoms with van der Waals surface area (Å²) in [6, 6.07) is 14.3. The van der Waals surface area contributed by atoms with Crippen molar-refractivity contribution in [3.63, 3.8) is 0 Å². The minimum Gasteiger partial charge on any atom is -0.462 e. The maximum Gasteiger partial charge on any atom is 0.340 e. The molecule has 176 valence electrons. The first kappa shape index (κ1) is 24.5. The molecular weight excluding hydrogens is 460 g/mol. The van der Waals surface area contributed by atoms with Gasteiger partial charge in [0.25, 0.3) is 10.1 Å². The molecule has 0 aromatic heterocycles. The summed E-state index contributed by atoms with van der Waals surface area (Å²) in [5, 5.41) is 16.1. The Morgan fingerprint density at radius 3 is 2.15 bits per heavy atom. The van der Waals surface area contributed by atoms with E-state index in [1.54, 1.807) is 31.2 Å². The Balaban J connectivity index is 2.13. The average molecular weight is 483 g/mol. The molecule has 3 aromatic rings. The smallest absolute Gasteiger partial charge is 0.340 e. The van der Waals surface area contributed by atoms with E-state index in [1.807, 2.05) is 19.1 Å². The second-order valence-corrected chi connectivity index (χ2v) is 8.36. The van der Waals surface area contributed by atoms with Gasteiger partial charge in [-0.05, 0) is 43.7 Å². The van der Waals surface area contributed by atoms with Crippen LogP contribution in [0, 0.1) is 6.92 Å². The number of aryl methyl sites for hydroxylation is 1. The standard InChI is InChI=1S/C22H22N6O5S/c1-3-33-22(29)14-9-5-7-11-16(14)26-27-17-12-18(34(30,31)32)20(24)21(19(17)23)28-25-15-10-6-4-8-13(15)2/h4-12H,3,23-24H2,1-2H3,(H,30,31,32). The highest BCUT2D eigenvalue weighted by atomic mass is 32.2. The first-order valence-corrected chi connectivity index (χ1v) is 11.4. The molecule has 0 fully saturated rings. The van der Waals surface area contributed by atoms with E-state index in [0.717, 1.165) is 11.6 Å². The molecule has 5 N–H and O–H groups in total. The zero-order valence-corrected chi connectivity index (χ0v) is 19.2. The van der Waals surface area contributed by atoms with Crippen molar-refractivity contribution in [2.24, 2.45) is 20.5 Å². The summed E-state index contributed by atoms with van der Waals surface area (Å²) in [5.74, 6) is -0.603. The Hall–Kier alpha value is -4.16. The Morgan fingerprint density at radius 2 is 1.50 bits per heavy atom. The van der Waals surface area contributed by atoms with Crippen LogP contribution in [0.25, 0.3) is 0 Å². The minimum absolute atomic E-state index is 0.125. The van der Waals surface area contributed by atoms with Gasteiger partial charge in [0.1, 0.15) is 22.0 Å². The van der Waals surface area contributed by atoms with E-state index in [-0.39, 0.29) is 34.9 Å². The van der Waals surface area contributed by atoms with Crippen molar-refractivity contribution in [3.05, 3.63) is 65.7 Å². The molecule has 12 heteroatoms. The third-order valence-electron chi connectivity index (χ3n) is 4.64. The molecule has 3 rings (SSSR count). The highest BCUT2D eigenvalue weighted by molar-refractivity contribution is 7.86. The number of ether oxygens (including phenoxy) is 1. The number of carbonyl (C=O) groups is 1. The Morgan fingerprint density at radius 1 is 0.912 bits per heavy atom. The summed E-state index contributed by atoms with van der Waals surface area (Å²) < 4.78 is 38.5. The summed E-state index contributed by atoms with van der Waals surface area (Å²) in [6.45, 7) is 3.65. The van der Waals surface area contributed by atoms with Crippen LogP contribution < -0.4 is 11.5 Å². The van der Waals surface area contributed by atoms with E-state index in [9.17, 15) is 17.8 Å². The van der Waals surface area contributed by atoms with Gasteiger partial charge in [0.05, 0.1) is 29.2 Å². The van der Waals surface area contributed by atoms with Crippen LogP contribution in [0.15, 0.2) is 79.9 Å². The number of nitrogens with zero attached hydrogens (tertiary/aromatic N) is 4. The number of carbonyl (C=O) groups excluding carboxylic acids is 1. The fourth-order valence-electron chi connectivity index (χ4n) is 2.90. The monoisotopic (exact) mass is 482 g/mol. The Bertz CT molecular complexity index is 1400. The Kier molecular flexibility index (Phi) is 7.34. The van der Waals surface area contributed by atoms with Crippen LogP contribution in [0.1, 0.15) is 22.8 Å². The lowest BCUT2D eigenvalue weighted by atomic mass is 10.2. The van der Waals surface area contributed by atoms with Gasteiger partial charge in [-0.2, -0.15) is 13.5 Å². The highest BCUT2D eigenvalue weighted by Crippen LogP contribution is 2.43. The molecule has 0 aliphatic heterocycles. The SMILES string of the molecule is CCOC(=O)c1ccccc1N=Nc1cc(S(=O)(=O)O)c(N)c(N=Nc2ccccc2C)c1N. The predicted molar refractivity (Wildman–Crippen MR) is 127 cm³/mol. The van der Waals surface area contributed by atoms with E-state index in [1.165, 1.54) is 12.1 Å². The third kappa shape index (κ3) is 5.42. The molecule has 0 spiro atoms. The second-order valence-electron chi connectivity index (χ2n) is 6.97. The maximum absolute atomic E-state index is 12.2. The molecule has 34 heavy (non-hydrogen) atoms. The molecule has 0 saturated heterocycles. The summed E-state index contributed by atoms with van der Waals surface area (Å²) in [4.78, 5) is 11.5. The number of benzene rings is 3. The molecule has 0 radical (unpaired) electrons. The van der Waals surface area contributed by atoms with Gasteiger partial charge in [0.15, 0.2) is 0 Å². The van der Waals surface area contributed by atoms with Gasteiger partial charge >= 0.3 is 5.97 Å². The van der Waals surface area contributed by atoms with Gasteiger partial charge in [-0.3, -0.25) is 4.55 Å². The van der Waals surface area contributed by atoms with Crippen molar-refractivity contribution in [1.29, 1.82) is 0 Å².